The fourth-order valence-electron chi connectivity index (χ4n) is 4.67. The van der Waals surface area contributed by atoms with Crippen molar-refractivity contribution >= 4 is 65.0 Å². The first kappa shape index (κ1) is 50.7. The molecule has 0 aliphatic carbocycles. The first-order valence-corrected chi connectivity index (χ1v) is 18.1. The molecule has 0 aromatic carbocycles. The van der Waals surface area contributed by atoms with Crippen LogP contribution in [-0.4, -0.2) is 232 Å². The topological polar surface area (TPSA) is 231 Å². The van der Waals surface area contributed by atoms with Crippen LogP contribution in [0.15, 0.2) is 18.5 Å². The lowest BCUT2D eigenvalue weighted by Gasteiger charge is -2.27. The standard InChI is InChI=1S/C37H58N10O12/c1-37(2,3)59-36(57)46(11)23-33(54)44(9)21-31(52)42(7)19-29(50)40(5)17-27(48)39(4)18-28(49)41(6)20-30(51)43(8)22-32(53)45(10)24-34(55)47(12)26-16-38-15-14-25(26)35(56)58-13/h14-16H,17-24H2,1-13H3. The molecule has 1 rings (SSSR count). The molecule has 0 bridgehead atoms. The van der Waals surface area contributed by atoms with Crippen molar-refractivity contribution < 1.29 is 57.4 Å². The average molecular weight is 835 g/mol. The molecule has 0 saturated heterocycles. The van der Waals surface area contributed by atoms with Gasteiger partial charge in [0, 0.05) is 69.6 Å². The van der Waals surface area contributed by atoms with E-state index in [0.29, 0.717) is 0 Å². The molecule has 0 spiro atoms. The zero-order valence-electron chi connectivity index (χ0n) is 36.3. The number of esters is 1. The number of hydrogen-bond donors (Lipinski definition) is 0. The molecule has 0 aliphatic heterocycles. The summed E-state index contributed by atoms with van der Waals surface area (Å²) in [6.45, 7) is 1.78. The molecule has 0 fully saturated rings. The molecule has 0 aliphatic rings. The molecule has 0 atom stereocenters. The molecule has 1 aromatic heterocycles. The number of ether oxygens (including phenoxy) is 2. The summed E-state index contributed by atoms with van der Waals surface area (Å²) in [7, 11) is 13.4. The second-order valence-electron chi connectivity index (χ2n) is 14.9. The normalized spacial score (nSPS) is 10.7. The Morgan fingerprint density at radius 2 is 0.780 bits per heavy atom. The lowest BCUT2D eigenvalue weighted by molar-refractivity contribution is -0.146. The van der Waals surface area contributed by atoms with Crippen molar-refractivity contribution in [2.45, 2.75) is 26.4 Å². The Labute approximate surface area is 344 Å². The van der Waals surface area contributed by atoms with Gasteiger partial charge in [0.25, 0.3) is 0 Å². The molecular formula is C37H58N10O12. The fourth-order valence-corrected chi connectivity index (χ4v) is 4.67. The number of carbonyl (C=O) groups is 10. The lowest BCUT2D eigenvalue weighted by atomic mass is 10.2. The van der Waals surface area contributed by atoms with Gasteiger partial charge in [-0.05, 0) is 26.8 Å². The van der Waals surface area contributed by atoms with E-state index in [0.717, 1.165) is 44.1 Å². The summed E-state index contributed by atoms with van der Waals surface area (Å²) in [6, 6.07) is 1.39. The molecule has 0 unspecified atom stereocenters. The minimum Gasteiger partial charge on any atom is -0.465 e. The van der Waals surface area contributed by atoms with Crippen LogP contribution in [0.3, 0.4) is 0 Å². The Morgan fingerprint density at radius 3 is 1.07 bits per heavy atom. The molecule has 328 valence electrons. The number of carbonyl (C=O) groups excluding carboxylic acids is 10. The zero-order chi connectivity index (χ0) is 45.5. The lowest BCUT2D eigenvalue weighted by Crippen LogP contribution is -2.49. The molecule has 1 aromatic rings. The van der Waals surface area contributed by atoms with Crippen LogP contribution < -0.4 is 4.90 Å². The number of anilines is 1. The molecule has 0 N–H and O–H groups in total. The van der Waals surface area contributed by atoms with Gasteiger partial charge in [0.15, 0.2) is 0 Å². The van der Waals surface area contributed by atoms with Gasteiger partial charge < -0.3 is 53.6 Å². The molecule has 0 radical (unpaired) electrons. The Hall–Kier alpha value is -6.35. The minimum atomic E-state index is -0.757. The molecule has 22 nitrogen and oxygen atoms in total. The maximum absolute atomic E-state index is 12.9. The smallest absolute Gasteiger partial charge is 0.410 e. The van der Waals surface area contributed by atoms with Crippen molar-refractivity contribution in [1.82, 2.24) is 44.2 Å². The van der Waals surface area contributed by atoms with Gasteiger partial charge in [-0.15, -0.1) is 0 Å². The third-order valence-corrected chi connectivity index (χ3v) is 8.61. The number of hydrogen-bond acceptors (Lipinski definition) is 13. The van der Waals surface area contributed by atoms with Gasteiger partial charge in [0.05, 0.1) is 70.4 Å². The van der Waals surface area contributed by atoms with Gasteiger partial charge in [0.2, 0.25) is 47.3 Å². The SMILES string of the molecule is COC(=O)c1ccncc1N(C)C(=O)CN(C)C(=O)CN(C)C(=O)CN(C)C(=O)CN(C)C(=O)CN(C)C(=O)CN(C)C(=O)CN(C)C(=O)CN(C)C(=O)OC(C)(C)C. The number of aromatic nitrogens is 1. The van der Waals surface area contributed by atoms with Crippen molar-refractivity contribution in [2.24, 2.45) is 0 Å². The van der Waals surface area contributed by atoms with Crippen LogP contribution in [0.2, 0.25) is 0 Å². The van der Waals surface area contributed by atoms with Crippen LogP contribution in [0, 0.1) is 0 Å². The molecular weight excluding hydrogens is 776 g/mol. The van der Waals surface area contributed by atoms with E-state index < -0.39 is 97.6 Å². The van der Waals surface area contributed by atoms with E-state index in [1.165, 1.54) is 89.0 Å². The summed E-state index contributed by atoms with van der Waals surface area (Å²) in [4.78, 5) is 141. The van der Waals surface area contributed by atoms with Crippen molar-refractivity contribution in [3.63, 3.8) is 0 Å². The van der Waals surface area contributed by atoms with E-state index in [4.69, 9.17) is 9.47 Å². The summed E-state index contributed by atoms with van der Waals surface area (Å²) >= 11 is 0. The number of likely N-dealkylation sites (N-methyl/N-ethyl adjacent to an activating group) is 9. The van der Waals surface area contributed by atoms with E-state index in [9.17, 15) is 47.9 Å². The number of pyridine rings is 1. The highest BCUT2D eigenvalue weighted by Gasteiger charge is 2.27. The predicted molar refractivity (Wildman–Crippen MR) is 211 cm³/mol. The number of methoxy groups -OCH3 is 1. The van der Waals surface area contributed by atoms with E-state index in [2.05, 4.69) is 4.98 Å². The van der Waals surface area contributed by atoms with E-state index in [1.54, 1.807) is 20.8 Å². The Kier molecular flexibility index (Phi) is 19.4. The van der Waals surface area contributed by atoms with Crippen LogP contribution >= 0.6 is 0 Å². The monoisotopic (exact) mass is 834 g/mol. The van der Waals surface area contributed by atoms with E-state index in [-0.39, 0.29) is 30.9 Å². The highest BCUT2D eigenvalue weighted by Crippen LogP contribution is 2.19. The van der Waals surface area contributed by atoms with Gasteiger partial charge >= 0.3 is 12.1 Å². The third kappa shape index (κ3) is 16.6. The van der Waals surface area contributed by atoms with Crippen LogP contribution in [0.4, 0.5) is 10.5 Å². The fraction of sp³-hybridized carbons (Fsp3) is 0.595. The maximum Gasteiger partial charge on any atom is 0.410 e. The molecule has 9 amide bonds. The first-order valence-electron chi connectivity index (χ1n) is 18.1. The van der Waals surface area contributed by atoms with Crippen molar-refractivity contribution in [3.05, 3.63) is 24.0 Å². The van der Waals surface area contributed by atoms with Crippen LogP contribution in [-0.2, 0) is 47.8 Å². The summed E-state index contributed by atoms with van der Waals surface area (Å²) in [5, 5.41) is 0. The largest absolute Gasteiger partial charge is 0.465 e. The molecule has 22 heteroatoms. The summed E-state index contributed by atoms with van der Waals surface area (Å²) in [5.41, 5.74) is -0.480. The average Bonchev–Trinajstić information content (AvgIpc) is 3.15. The predicted octanol–water partition coefficient (Wildman–Crippen LogP) is -2.09. The second kappa shape index (κ2) is 22.6. The Morgan fingerprint density at radius 1 is 0.492 bits per heavy atom. The van der Waals surface area contributed by atoms with Gasteiger partial charge in [0.1, 0.15) is 12.1 Å². The maximum atomic E-state index is 12.9. The van der Waals surface area contributed by atoms with E-state index >= 15 is 0 Å². The van der Waals surface area contributed by atoms with Crippen LogP contribution in [0.5, 0.6) is 0 Å². The Balaban J connectivity index is 2.60. The van der Waals surface area contributed by atoms with Crippen molar-refractivity contribution in [1.29, 1.82) is 0 Å². The number of rotatable bonds is 18. The third-order valence-electron chi connectivity index (χ3n) is 8.61. The second-order valence-corrected chi connectivity index (χ2v) is 14.9. The van der Waals surface area contributed by atoms with Gasteiger partial charge in [-0.3, -0.25) is 43.3 Å². The van der Waals surface area contributed by atoms with Crippen molar-refractivity contribution in [3.8, 4) is 0 Å². The van der Waals surface area contributed by atoms with Crippen molar-refractivity contribution in [2.75, 3.05) is 128 Å². The van der Waals surface area contributed by atoms with Crippen LogP contribution in [0.25, 0.3) is 0 Å². The number of nitrogens with zero attached hydrogens (tertiary/aromatic N) is 10. The molecule has 59 heavy (non-hydrogen) atoms. The summed E-state index contributed by atoms with van der Waals surface area (Å²) < 4.78 is 9.96. The molecule has 0 saturated carbocycles. The van der Waals surface area contributed by atoms with Gasteiger partial charge in [-0.2, -0.15) is 0 Å². The van der Waals surface area contributed by atoms with Gasteiger partial charge in [-0.1, -0.05) is 0 Å². The Bertz CT molecular complexity index is 1750. The highest BCUT2D eigenvalue weighted by atomic mass is 16.6. The van der Waals surface area contributed by atoms with E-state index in [1.807, 2.05) is 0 Å². The number of amides is 9. The highest BCUT2D eigenvalue weighted by molar-refractivity contribution is 6.03. The minimum absolute atomic E-state index is 0.101. The summed E-state index contributed by atoms with van der Waals surface area (Å²) in [6.07, 6.45) is 1.97. The van der Waals surface area contributed by atoms with Crippen LogP contribution in [0.1, 0.15) is 31.1 Å². The quantitative estimate of drug-likeness (QED) is 0.145. The zero-order valence-corrected chi connectivity index (χ0v) is 36.3. The van der Waals surface area contributed by atoms with Gasteiger partial charge in [-0.25, -0.2) is 9.59 Å². The summed E-state index contributed by atoms with van der Waals surface area (Å²) in [5.74, 6) is -5.36. The first-order chi connectivity index (χ1) is 27.2. The molecule has 1 heterocycles.